The van der Waals surface area contributed by atoms with Gasteiger partial charge in [0.25, 0.3) is 0 Å². The van der Waals surface area contributed by atoms with E-state index in [0.29, 0.717) is 19.4 Å². The van der Waals surface area contributed by atoms with Gasteiger partial charge in [-0.2, -0.15) is 0 Å². The van der Waals surface area contributed by atoms with Gasteiger partial charge in [-0.25, -0.2) is 13.1 Å². The van der Waals surface area contributed by atoms with Crippen LogP contribution in [0.15, 0.2) is 23.1 Å². The van der Waals surface area contributed by atoms with Crippen molar-refractivity contribution in [1.29, 1.82) is 0 Å². The quantitative estimate of drug-likeness (QED) is 0.749. The maximum Gasteiger partial charge on any atom is 0.240 e. The number of benzene rings is 1. The maximum absolute atomic E-state index is 12.2. The third-order valence-electron chi connectivity index (χ3n) is 3.64. The van der Waals surface area contributed by atoms with Crippen LogP contribution in [-0.4, -0.2) is 41.5 Å². The van der Waals surface area contributed by atoms with Crippen LogP contribution in [0, 0.1) is 0 Å². The highest BCUT2D eigenvalue weighted by Gasteiger charge is 2.25. The average Bonchev–Trinajstić information content (AvgIpc) is 2.90. The van der Waals surface area contributed by atoms with E-state index < -0.39 is 10.0 Å². The first-order chi connectivity index (χ1) is 9.99. The lowest BCUT2D eigenvalue weighted by atomic mass is 10.2. The molecule has 0 fully saturated rings. The molecule has 0 aromatic heterocycles. The van der Waals surface area contributed by atoms with Crippen LogP contribution in [0.3, 0.4) is 0 Å². The molecule has 6 nitrogen and oxygen atoms in total. The van der Waals surface area contributed by atoms with Gasteiger partial charge in [0, 0.05) is 18.7 Å². The first-order valence-corrected chi connectivity index (χ1v) is 8.49. The van der Waals surface area contributed by atoms with Crippen molar-refractivity contribution in [2.45, 2.75) is 24.2 Å². The van der Waals surface area contributed by atoms with Gasteiger partial charge >= 0.3 is 0 Å². The number of nitrogens with one attached hydrogen (secondary N) is 2. The van der Waals surface area contributed by atoms with E-state index in [-0.39, 0.29) is 10.8 Å². The largest absolute Gasteiger partial charge is 0.320 e. The third kappa shape index (κ3) is 3.42. The van der Waals surface area contributed by atoms with Gasteiger partial charge in [-0.1, -0.05) is 0 Å². The molecule has 2 N–H and O–H groups in total. The summed E-state index contributed by atoms with van der Waals surface area (Å²) in [5, 5.41) is 3.02. The molecule has 116 valence electrons. The number of amides is 1. The predicted octanol–water partition coefficient (Wildman–Crippen LogP) is 0.483. The molecule has 0 spiro atoms. The minimum atomic E-state index is -3.44. The second kappa shape index (κ2) is 6.55. The summed E-state index contributed by atoms with van der Waals surface area (Å²) in [7, 11) is -0.187. The fourth-order valence-electron chi connectivity index (χ4n) is 2.47. The molecule has 1 aliphatic heterocycles. The number of fused-ring (bicyclic) bond motifs is 1. The summed E-state index contributed by atoms with van der Waals surface area (Å²) in [4.78, 5) is 14.2. The number of carbonyl (C=O) groups excluding carboxylic acids is 1. The Morgan fingerprint density at radius 1 is 1.33 bits per heavy atom. The number of rotatable bonds is 6. The Bertz CT molecular complexity index is 628. The first kappa shape index (κ1) is 15.9. The minimum Gasteiger partial charge on any atom is -0.320 e. The number of hydrogen-bond donors (Lipinski definition) is 2. The molecule has 0 saturated heterocycles. The predicted molar refractivity (Wildman–Crippen MR) is 81.9 cm³/mol. The second-order valence-electron chi connectivity index (χ2n) is 5.00. The van der Waals surface area contributed by atoms with Crippen LogP contribution in [0.4, 0.5) is 5.69 Å². The van der Waals surface area contributed by atoms with Crippen molar-refractivity contribution < 1.29 is 13.2 Å². The van der Waals surface area contributed by atoms with Crippen LogP contribution >= 0.6 is 0 Å². The molecule has 7 heteroatoms. The van der Waals surface area contributed by atoms with Crippen molar-refractivity contribution in [3.63, 3.8) is 0 Å². The lowest BCUT2D eigenvalue weighted by Gasteiger charge is -2.17. The molecule has 1 heterocycles. The fourth-order valence-corrected chi connectivity index (χ4v) is 3.25. The molecule has 0 radical (unpaired) electrons. The van der Waals surface area contributed by atoms with Crippen LogP contribution in [0.5, 0.6) is 0 Å². The summed E-state index contributed by atoms with van der Waals surface area (Å²) in [6, 6.07) is 4.93. The Morgan fingerprint density at radius 3 is 2.76 bits per heavy atom. The molecule has 0 bridgehead atoms. The summed E-state index contributed by atoms with van der Waals surface area (Å²) >= 11 is 0. The Hall–Kier alpha value is -1.44. The molecule has 0 atom stereocenters. The van der Waals surface area contributed by atoms with E-state index in [0.717, 1.165) is 24.2 Å². The number of sulfonamides is 1. The molecular formula is C14H21N3O3S. The molecule has 0 aliphatic carbocycles. The highest BCUT2D eigenvalue weighted by Crippen LogP contribution is 2.30. The SMILES string of the molecule is CNCCCC(=O)N1CCc2cc(S(=O)(=O)NC)ccc21. The molecule has 1 aromatic carbocycles. The molecule has 1 amide bonds. The van der Waals surface area contributed by atoms with Crippen LogP contribution < -0.4 is 14.9 Å². The Morgan fingerprint density at radius 2 is 2.10 bits per heavy atom. The normalized spacial score (nSPS) is 14.3. The first-order valence-electron chi connectivity index (χ1n) is 7.01. The van der Waals surface area contributed by atoms with Crippen molar-refractivity contribution in [2.75, 3.05) is 32.1 Å². The summed E-state index contributed by atoms with van der Waals surface area (Å²) in [6.45, 7) is 1.43. The summed E-state index contributed by atoms with van der Waals surface area (Å²) in [6.07, 6.45) is 1.99. The van der Waals surface area contributed by atoms with Gasteiger partial charge in [0.15, 0.2) is 0 Å². The monoisotopic (exact) mass is 311 g/mol. The minimum absolute atomic E-state index is 0.0909. The molecule has 1 aromatic rings. The number of carbonyl (C=O) groups is 1. The molecule has 0 saturated carbocycles. The van der Waals surface area contributed by atoms with Crippen molar-refractivity contribution in [1.82, 2.24) is 10.0 Å². The van der Waals surface area contributed by atoms with E-state index in [4.69, 9.17) is 0 Å². The zero-order valence-corrected chi connectivity index (χ0v) is 13.2. The molecule has 21 heavy (non-hydrogen) atoms. The van der Waals surface area contributed by atoms with Crippen molar-refractivity contribution >= 4 is 21.6 Å². The van der Waals surface area contributed by atoms with Crippen molar-refractivity contribution in [2.24, 2.45) is 0 Å². The number of anilines is 1. The molecule has 1 aliphatic rings. The Balaban J connectivity index is 2.16. The summed E-state index contributed by atoms with van der Waals surface area (Å²) in [5.74, 6) is 0.0909. The van der Waals surface area contributed by atoms with Crippen LogP contribution in [0.25, 0.3) is 0 Å². The van der Waals surface area contributed by atoms with Gasteiger partial charge in [0.2, 0.25) is 15.9 Å². The van der Waals surface area contributed by atoms with Gasteiger partial charge in [0.1, 0.15) is 0 Å². The van der Waals surface area contributed by atoms with E-state index in [1.165, 1.54) is 7.05 Å². The lowest BCUT2D eigenvalue weighted by Crippen LogP contribution is -2.29. The zero-order chi connectivity index (χ0) is 15.5. The number of nitrogens with zero attached hydrogens (tertiary/aromatic N) is 1. The highest BCUT2D eigenvalue weighted by molar-refractivity contribution is 7.89. The van der Waals surface area contributed by atoms with Crippen LogP contribution in [0.2, 0.25) is 0 Å². The average molecular weight is 311 g/mol. The summed E-state index contributed by atoms with van der Waals surface area (Å²) in [5.41, 5.74) is 1.74. The smallest absolute Gasteiger partial charge is 0.240 e. The highest BCUT2D eigenvalue weighted by atomic mass is 32.2. The van der Waals surface area contributed by atoms with Gasteiger partial charge in [-0.05, 0) is 57.2 Å². The number of hydrogen-bond acceptors (Lipinski definition) is 4. The van der Waals surface area contributed by atoms with Gasteiger partial charge < -0.3 is 10.2 Å². The molecular weight excluding hydrogens is 290 g/mol. The third-order valence-corrected chi connectivity index (χ3v) is 5.06. The second-order valence-corrected chi connectivity index (χ2v) is 6.89. The van der Waals surface area contributed by atoms with E-state index >= 15 is 0 Å². The van der Waals surface area contributed by atoms with Crippen molar-refractivity contribution in [3.05, 3.63) is 23.8 Å². The maximum atomic E-state index is 12.2. The zero-order valence-electron chi connectivity index (χ0n) is 12.3. The van der Waals surface area contributed by atoms with E-state index in [9.17, 15) is 13.2 Å². The Kier molecular flexibility index (Phi) is 4.97. The lowest BCUT2D eigenvalue weighted by molar-refractivity contribution is -0.118. The van der Waals surface area contributed by atoms with Crippen molar-refractivity contribution in [3.8, 4) is 0 Å². The van der Waals surface area contributed by atoms with E-state index in [1.807, 2.05) is 7.05 Å². The fraction of sp³-hybridized carbons (Fsp3) is 0.500. The topological polar surface area (TPSA) is 78.5 Å². The van der Waals surface area contributed by atoms with Gasteiger partial charge in [-0.15, -0.1) is 0 Å². The van der Waals surface area contributed by atoms with Gasteiger partial charge in [0.05, 0.1) is 4.90 Å². The van der Waals surface area contributed by atoms with Gasteiger partial charge in [-0.3, -0.25) is 4.79 Å². The molecule has 2 rings (SSSR count). The van der Waals surface area contributed by atoms with E-state index in [2.05, 4.69) is 10.0 Å². The summed E-state index contributed by atoms with van der Waals surface area (Å²) < 4.78 is 25.9. The Labute approximate surface area is 125 Å². The molecule has 0 unspecified atom stereocenters. The standard InChI is InChI=1S/C14H21N3O3S/c1-15-8-3-4-14(18)17-9-7-11-10-12(5-6-13(11)17)21(19,20)16-2/h5-6,10,15-16H,3-4,7-9H2,1-2H3. The van der Waals surface area contributed by atoms with E-state index in [1.54, 1.807) is 23.1 Å². The van der Waals surface area contributed by atoms with Crippen LogP contribution in [-0.2, 0) is 21.2 Å². The van der Waals surface area contributed by atoms with Crippen LogP contribution in [0.1, 0.15) is 18.4 Å².